The van der Waals surface area contributed by atoms with Crippen LogP contribution in [0.4, 0.5) is 11.4 Å². The predicted molar refractivity (Wildman–Crippen MR) is 308 cm³/mol. The number of imidazole rings is 2. The minimum Gasteiger partial charge on any atom is -0.369 e. The van der Waals surface area contributed by atoms with Gasteiger partial charge in [0.15, 0.2) is 0 Å². The Bertz CT molecular complexity index is 2900. The van der Waals surface area contributed by atoms with Gasteiger partial charge in [-0.15, -0.1) is 0 Å². The summed E-state index contributed by atoms with van der Waals surface area (Å²) in [4.78, 5) is 46.9. The summed E-state index contributed by atoms with van der Waals surface area (Å²) in [6.45, 7) is 15.1. The van der Waals surface area contributed by atoms with Gasteiger partial charge in [-0.2, -0.15) is 0 Å². The average molecular weight is 1080 g/mol. The third-order valence-corrected chi connectivity index (χ3v) is 16.8. The van der Waals surface area contributed by atoms with Crippen LogP contribution in [0.25, 0.3) is 0 Å². The predicted octanol–water partition coefficient (Wildman–Crippen LogP) is 11.9. The highest BCUT2D eigenvalue weighted by Gasteiger charge is 2.31. The number of hydrogen-bond donors (Lipinski definition) is 2. The van der Waals surface area contributed by atoms with E-state index < -0.39 is 0 Å². The van der Waals surface area contributed by atoms with Crippen molar-refractivity contribution in [2.24, 2.45) is 0 Å². The molecular weight excluding hydrogens is 999 g/mol. The minimum atomic E-state index is -0.149. The van der Waals surface area contributed by atoms with Crippen LogP contribution in [0, 0.1) is 20.8 Å². The van der Waals surface area contributed by atoms with Crippen molar-refractivity contribution in [3.05, 3.63) is 163 Å². The molecule has 2 fully saturated rings. The molecule has 2 saturated carbocycles. The topological polar surface area (TPSA) is 107 Å². The first-order valence-corrected chi connectivity index (χ1v) is 28.1. The van der Waals surface area contributed by atoms with E-state index in [-0.39, 0.29) is 11.8 Å². The van der Waals surface area contributed by atoms with E-state index in [2.05, 4.69) is 111 Å². The fourth-order valence-corrected chi connectivity index (χ4v) is 12.5. The first kappa shape index (κ1) is 55.9. The van der Waals surface area contributed by atoms with Crippen molar-refractivity contribution in [3.8, 4) is 0 Å². The van der Waals surface area contributed by atoms with Crippen LogP contribution in [0.3, 0.4) is 0 Å². The molecule has 12 nitrogen and oxygen atoms in total. The molecule has 0 atom stereocenters. The maximum atomic E-state index is 14.0. The Morgan fingerprint density at radius 1 is 0.640 bits per heavy atom. The van der Waals surface area contributed by atoms with E-state index in [0.717, 1.165) is 116 Å². The molecule has 8 rings (SSSR count). The molecule has 2 amide bonds. The largest absolute Gasteiger partial charge is 0.369 e. The van der Waals surface area contributed by atoms with E-state index in [1.165, 1.54) is 11.1 Å². The van der Waals surface area contributed by atoms with Crippen molar-refractivity contribution in [1.82, 2.24) is 39.5 Å². The summed E-state index contributed by atoms with van der Waals surface area (Å²) in [5.74, 6) is 1.42. The van der Waals surface area contributed by atoms with Crippen LogP contribution in [0.5, 0.6) is 0 Å². The molecular formula is C60H77Cl3N10O2. The first-order valence-electron chi connectivity index (χ1n) is 27.0. The van der Waals surface area contributed by atoms with Crippen LogP contribution in [0.2, 0.25) is 15.1 Å². The molecule has 2 aliphatic rings. The Morgan fingerprint density at radius 2 is 1.21 bits per heavy atom. The quantitative estimate of drug-likeness (QED) is 0.0734. The summed E-state index contributed by atoms with van der Waals surface area (Å²) in [5, 5.41) is 8.18. The molecule has 400 valence electrons. The Labute approximate surface area is 460 Å². The molecule has 0 unspecified atom stereocenters. The van der Waals surface area contributed by atoms with Crippen LogP contribution < -0.4 is 20.4 Å². The van der Waals surface area contributed by atoms with Gasteiger partial charge in [-0.25, -0.2) is 9.97 Å². The molecule has 0 saturated heterocycles. The molecule has 2 aromatic heterocycles. The molecule has 2 heterocycles. The van der Waals surface area contributed by atoms with Crippen molar-refractivity contribution in [2.75, 3.05) is 50.6 Å². The number of carbonyl (C=O) groups is 2. The van der Waals surface area contributed by atoms with Crippen molar-refractivity contribution in [2.45, 2.75) is 143 Å². The summed E-state index contributed by atoms with van der Waals surface area (Å²) in [6, 6.07) is 25.9. The van der Waals surface area contributed by atoms with Crippen LogP contribution in [0.15, 0.2) is 91.4 Å². The monoisotopic (exact) mass is 1070 g/mol. The summed E-state index contributed by atoms with van der Waals surface area (Å²) in [7, 11) is 6.60. The Hall–Kier alpha value is -5.37. The fourth-order valence-electron chi connectivity index (χ4n) is 11.8. The normalized spacial score (nSPS) is 17.9. The van der Waals surface area contributed by atoms with Gasteiger partial charge in [0.1, 0.15) is 11.6 Å². The number of aromatic nitrogens is 4. The molecule has 0 bridgehead atoms. The van der Waals surface area contributed by atoms with Crippen LogP contribution in [-0.2, 0) is 32.6 Å². The lowest BCUT2D eigenvalue weighted by atomic mass is 9.88. The summed E-state index contributed by atoms with van der Waals surface area (Å²) < 4.78 is 4.31. The molecule has 0 spiro atoms. The highest BCUT2D eigenvalue weighted by atomic mass is 35.5. The maximum Gasteiger partial charge on any atom is 0.252 e. The van der Waals surface area contributed by atoms with Gasteiger partial charge in [-0.1, -0.05) is 71.2 Å². The van der Waals surface area contributed by atoms with Gasteiger partial charge in [0, 0.05) is 132 Å². The minimum absolute atomic E-state index is 0.137. The number of aryl methyl sites for hydroxylation is 1. The van der Waals surface area contributed by atoms with Gasteiger partial charge >= 0.3 is 0 Å². The molecule has 15 heteroatoms. The summed E-state index contributed by atoms with van der Waals surface area (Å²) >= 11 is 19.8. The van der Waals surface area contributed by atoms with Gasteiger partial charge in [-0.05, 0) is 171 Å². The van der Waals surface area contributed by atoms with Crippen LogP contribution >= 0.6 is 34.8 Å². The number of hydrogen-bond acceptors (Lipinski definition) is 8. The van der Waals surface area contributed by atoms with E-state index in [1.807, 2.05) is 62.6 Å². The number of anilines is 2. The fraction of sp³-hybridized carbons (Fsp3) is 0.467. The average Bonchev–Trinajstić information content (AvgIpc) is 3.99. The zero-order valence-electron chi connectivity index (χ0n) is 45.3. The number of benzene rings is 4. The molecule has 6 aromatic rings. The van der Waals surface area contributed by atoms with Crippen molar-refractivity contribution in [3.63, 3.8) is 0 Å². The number of nitrogens with zero attached hydrogens (tertiary/aromatic N) is 8. The molecule has 75 heavy (non-hydrogen) atoms. The standard InChI is InChI=1S/C60H77Cl3N10O2/c1-9-71(51-22-18-49(19-23-51)68(6)7)56-34-48(63)32-54(42(56)5)60(75)67-36-58-66-35-40(3)73(58)39-45-16-12-11-15-44(45)38-69(8)50-20-24-52(25-21-50)72(10-2)55-33-47(62)31-53(41(55)4)59(74)65-27-26-57-64-28-29-70(57)37-43-14-13-17-46(61)30-43/h11-17,28-35,49-52H,9-10,18-27,36-39H2,1-8H3,(H,65,74)(H,67,75). The maximum absolute atomic E-state index is 14.0. The smallest absolute Gasteiger partial charge is 0.252 e. The van der Waals surface area contributed by atoms with E-state index in [4.69, 9.17) is 39.8 Å². The van der Waals surface area contributed by atoms with E-state index >= 15 is 0 Å². The van der Waals surface area contributed by atoms with Gasteiger partial charge in [0.2, 0.25) is 0 Å². The number of halogens is 3. The van der Waals surface area contributed by atoms with Crippen LogP contribution in [0.1, 0.15) is 131 Å². The second-order valence-electron chi connectivity index (χ2n) is 21.0. The summed E-state index contributed by atoms with van der Waals surface area (Å²) in [6.07, 6.45) is 15.0. The highest BCUT2D eigenvalue weighted by molar-refractivity contribution is 6.32. The van der Waals surface area contributed by atoms with E-state index in [0.29, 0.717) is 83.0 Å². The van der Waals surface area contributed by atoms with E-state index in [9.17, 15) is 9.59 Å². The van der Waals surface area contributed by atoms with Gasteiger partial charge in [0.05, 0.1) is 6.54 Å². The molecule has 0 aliphatic heterocycles. The number of amides is 2. The second kappa shape index (κ2) is 25.6. The lowest BCUT2D eigenvalue weighted by Gasteiger charge is -2.41. The van der Waals surface area contributed by atoms with Crippen molar-refractivity contribution in [1.29, 1.82) is 0 Å². The number of carbonyl (C=O) groups excluding carboxylic acids is 2. The second-order valence-corrected chi connectivity index (χ2v) is 22.3. The number of rotatable bonds is 21. The Morgan fingerprint density at radius 3 is 1.80 bits per heavy atom. The van der Waals surface area contributed by atoms with Gasteiger partial charge < -0.3 is 34.5 Å². The lowest BCUT2D eigenvalue weighted by molar-refractivity contribution is 0.0942. The molecule has 2 aliphatic carbocycles. The Balaban J connectivity index is 0.858. The third-order valence-electron chi connectivity index (χ3n) is 16.1. The van der Waals surface area contributed by atoms with Crippen molar-refractivity contribution >= 4 is 58.0 Å². The molecule has 4 aromatic carbocycles. The van der Waals surface area contributed by atoms with E-state index in [1.54, 1.807) is 18.3 Å². The molecule has 2 N–H and O–H groups in total. The summed E-state index contributed by atoms with van der Waals surface area (Å²) in [5.41, 5.74) is 9.80. The zero-order valence-corrected chi connectivity index (χ0v) is 47.6. The Kier molecular flexibility index (Phi) is 19.1. The van der Waals surface area contributed by atoms with Crippen molar-refractivity contribution < 1.29 is 9.59 Å². The lowest BCUT2D eigenvalue weighted by Crippen LogP contribution is -2.43. The first-order chi connectivity index (χ1) is 36.1. The highest BCUT2D eigenvalue weighted by Crippen LogP contribution is 2.36. The zero-order chi connectivity index (χ0) is 53.3. The SMILES string of the molecule is CCN(c1cc(Cl)cc(C(=O)NCCc2nccn2Cc2cccc(Cl)c2)c1C)C1CCC(N(C)Cc2ccccc2Cn2c(C)cnc2CNC(=O)c2cc(Cl)cc(N(CC)C3CCC(N(C)C)CC3)c2C)CC1. The van der Waals surface area contributed by atoms with Crippen LogP contribution in [-0.4, -0.2) is 106 Å². The molecule has 0 radical (unpaired) electrons. The van der Waals surface area contributed by atoms with Gasteiger partial charge in [0.25, 0.3) is 11.8 Å². The third kappa shape index (κ3) is 13.6. The number of nitrogens with one attached hydrogen (secondary N) is 2. The van der Waals surface area contributed by atoms with Gasteiger partial charge in [-0.3, -0.25) is 14.5 Å².